The SMILES string of the molecule is CC(C)(C)c1ccc(S(=O)(=O)N[C@H](CC(=O)N[C@@H]2CCCc3cc(CNC4CCC4)ccc32)c2ccc(F)cc2)cc1. The topological polar surface area (TPSA) is 87.3 Å². The van der Waals surface area contributed by atoms with Gasteiger partial charge in [-0.2, -0.15) is 0 Å². The van der Waals surface area contributed by atoms with Crippen LogP contribution in [0.15, 0.2) is 71.6 Å². The van der Waals surface area contributed by atoms with Gasteiger partial charge < -0.3 is 10.6 Å². The van der Waals surface area contributed by atoms with E-state index in [0.29, 0.717) is 11.6 Å². The maximum atomic E-state index is 13.7. The van der Waals surface area contributed by atoms with Crippen molar-refractivity contribution >= 4 is 15.9 Å². The van der Waals surface area contributed by atoms with Crippen LogP contribution >= 0.6 is 0 Å². The first-order valence-electron chi connectivity index (χ1n) is 15.0. The third kappa shape index (κ3) is 7.46. The Morgan fingerprint density at radius 2 is 1.67 bits per heavy atom. The van der Waals surface area contributed by atoms with Gasteiger partial charge in [-0.05, 0) is 89.6 Å². The largest absolute Gasteiger partial charge is 0.349 e. The van der Waals surface area contributed by atoms with E-state index in [2.05, 4.69) is 54.3 Å². The summed E-state index contributed by atoms with van der Waals surface area (Å²) < 4.78 is 43.2. The molecule has 0 spiro atoms. The van der Waals surface area contributed by atoms with Crippen LogP contribution in [-0.4, -0.2) is 20.4 Å². The molecule has 0 unspecified atom stereocenters. The summed E-state index contributed by atoms with van der Waals surface area (Å²) in [7, 11) is -3.95. The molecule has 0 saturated heterocycles. The van der Waals surface area contributed by atoms with Crippen molar-refractivity contribution in [3.63, 3.8) is 0 Å². The van der Waals surface area contributed by atoms with Gasteiger partial charge in [-0.3, -0.25) is 4.79 Å². The number of halogens is 1. The first-order chi connectivity index (χ1) is 20.0. The maximum Gasteiger partial charge on any atom is 0.241 e. The summed E-state index contributed by atoms with van der Waals surface area (Å²) in [6.45, 7) is 7.05. The molecule has 8 heteroatoms. The molecule has 42 heavy (non-hydrogen) atoms. The third-order valence-electron chi connectivity index (χ3n) is 8.55. The molecule has 0 heterocycles. The molecule has 0 aromatic heterocycles. The van der Waals surface area contributed by atoms with E-state index in [0.717, 1.165) is 36.9 Å². The molecule has 1 amide bonds. The summed E-state index contributed by atoms with van der Waals surface area (Å²) in [4.78, 5) is 13.5. The lowest BCUT2D eigenvalue weighted by Gasteiger charge is -2.29. The number of carbonyl (C=O) groups is 1. The van der Waals surface area contributed by atoms with E-state index in [1.54, 1.807) is 12.1 Å². The van der Waals surface area contributed by atoms with E-state index in [4.69, 9.17) is 0 Å². The smallest absolute Gasteiger partial charge is 0.241 e. The van der Waals surface area contributed by atoms with Gasteiger partial charge >= 0.3 is 0 Å². The van der Waals surface area contributed by atoms with Crippen LogP contribution in [0.5, 0.6) is 0 Å². The highest BCUT2D eigenvalue weighted by Crippen LogP contribution is 2.32. The zero-order valence-corrected chi connectivity index (χ0v) is 25.6. The van der Waals surface area contributed by atoms with Gasteiger partial charge in [-0.1, -0.05) is 69.7 Å². The highest BCUT2D eigenvalue weighted by atomic mass is 32.2. The minimum Gasteiger partial charge on any atom is -0.349 e. The average Bonchev–Trinajstić information content (AvgIpc) is 2.92. The Morgan fingerprint density at radius 3 is 2.31 bits per heavy atom. The molecule has 0 radical (unpaired) electrons. The van der Waals surface area contributed by atoms with Crippen molar-refractivity contribution in [2.75, 3.05) is 0 Å². The standard InChI is InChI=1S/C34H42FN3O3S/c1-34(2,3)26-13-17-29(18-14-26)42(40,41)38-32(24-11-15-27(35)16-12-24)21-33(39)37-31-9-4-6-25-20-23(10-19-30(25)31)22-36-28-7-5-8-28/h10-20,28,31-32,36,38H,4-9,21-22H2,1-3H3,(H,37,39)/t31-,32-/m1/s1. The fourth-order valence-electron chi connectivity index (χ4n) is 5.75. The second-order valence-corrected chi connectivity index (χ2v) is 14.5. The lowest BCUT2D eigenvalue weighted by Crippen LogP contribution is -2.36. The van der Waals surface area contributed by atoms with Gasteiger partial charge in [0.15, 0.2) is 0 Å². The van der Waals surface area contributed by atoms with Crippen molar-refractivity contribution in [3.05, 3.63) is 100 Å². The van der Waals surface area contributed by atoms with Crippen LogP contribution in [0, 0.1) is 5.82 Å². The van der Waals surface area contributed by atoms with Gasteiger partial charge in [0.05, 0.1) is 17.0 Å². The summed E-state index contributed by atoms with van der Waals surface area (Å²) in [6.07, 6.45) is 6.46. The molecule has 224 valence electrons. The number of hydrogen-bond acceptors (Lipinski definition) is 4. The molecular formula is C34H42FN3O3S. The Morgan fingerprint density at radius 1 is 0.952 bits per heavy atom. The first kappa shape index (κ1) is 30.4. The first-order valence-corrected chi connectivity index (χ1v) is 16.5. The van der Waals surface area contributed by atoms with Crippen molar-refractivity contribution in [2.24, 2.45) is 0 Å². The number of hydrogen-bond donors (Lipinski definition) is 3. The number of fused-ring (bicyclic) bond motifs is 1. The number of benzene rings is 3. The normalized spacial score (nSPS) is 18.1. The number of aryl methyl sites for hydroxylation is 1. The van der Waals surface area contributed by atoms with Crippen LogP contribution in [-0.2, 0) is 33.2 Å². The third-order valence-corrected chi connectivity index (χ3v) is 10.0. The highest BCUT2D eigenvalue weighted by Gasteiger charge is 2.27. The summed E-state index contributed by atoms with van der Waals surface area (Å²) >= 11 is 0. The summed E-state index contributed by atoms with van der Waals surface area (Å²) in [6, 6.07) is 18.5. The Bertz CT molecular complexity index is 1490. The number of amides is 1. The maximum absolute atomic E-state index is 13.7. The molecule has 2 aliphatic carbocycles. The molecule has 3 aromatic rings. The van der Waals surface area contributed by atoms with Crippen molar-refractivity contribution in [1.82, 2.24) is 15.4 Å². The van der Waals surface area contributed by atoms with Gasteiger partial charge in [0, 0.05) is 19.0 Å². The minimum atomic E-state index is -3.95. The lowest BCUT2D eigenvalue weighted by molar-refractivity contribution is -0.122. The molecule has 3 aromatic carbocycles. The number of carbonyl (C=O) groups excluding carboxylic acids is 1. The van der Waals surface area contributed by atoms with Crippen molar-refractivity contribution in [1.29, 1.82) is 0 Å². The molecule has 6 nitrogen and oxygen atoms in total. The molecular weight excluding hydrogens is 549 g/mol. The van der Waals surface area contributed by atoms with Gasteiger partial charge in [0.2, 0.25) is 15.9 Å². The minimum absolute atomic E-state index is 0.111. The fourth-order valence-corrected chi connectivity index (χ4v) is 6.98. The lowest BCUT2D eigenvalue weighted by atomic mass is 9.86. The van der Waals surface area contributed by atoms with E-state index < -0.39 is 21.9 Å². The van der Waals surface area contributed by atoms with E-state index in [-0.39, 0.29) is 28.7 Å². The monoisotopic (exact) mass is 591 g/mol. The Balaban J connectivity index is 1.30. The number of rotatable bonds is 10. The van der Waals surface area contributed by atoms with Crippen LogP contribution in [0.1, 0.15) is 99.2 Å². The van der Waals surface area contributed by atoms with Crippen LogP contribution in [0.2, 0.25) is 0 Å². The molecule has 5 rings (SSSR count). The molecule has 0 aliphatic heterocycles. The number of sulfonamides is 1. The van der Waals surface area contributed by atoms with E-state index in [9.17, 15) is 17.6 Å². The zero-order chi connectivity index (χ0) is 29.9. The van der Waals surface area contributed by atoms with E-state index in [1.165, 1.54) is 54.7 Å². The van der Waals surface area contributed by atoms with Crippen molar-refractivity contribution in [2.45, 2.75) is 101 Å². The summed E-state index contributed by atoms with van der Waals surface area (Å²) in [5.41, 5.74) is 5.07. The molecule has 2 aliphatic rings. The van der Waals surface area contributed by atoms with E-state index >= 15 is 0 Å². The van der Waals surface area contributed by atoms with Gasteiger partial charge in [0.1, 0.15) is 5.82 Å². The predicted molar refractivity (Wildman–Crippen MR) is 164 cm³/mol. The van der Waals surface area contributed by atoms with Crippen LogP contribution in [0.25, 0.3) is 0 Å². The Labute approximate surface area is 249 Å². The fraction of sp³-hybridized carbons (Fsp3) is 0.441. The highest BCUT2D eigenvalue weighted by molar-refractivity contribution is 7.89. The second kappa shape index (κ2) is 12.7. The van der Waals surface area contributed by atoms with Gasteiger partial charge in [-0.25, -0.2) is 17.5 Å². The molecule has 0 bridgehead atoms. The van der Waals surface area contributed by atoms with E-state index in [1.807, 2.05) is 12.1 Å². The Kier molecular flexibility index (Phi) is 9.16. The second-order valence-electron chi connectivity index (χ2n) is 12.8. The van der Waals surface area contributed by atoms with Crippen LogP contribution in [0.3, 0.4) is 0 Å². The average molecular weight is 592 g/mol. The van der Waals surface area contributed by atoms with Gasteiger partial charge in [-0.15, -0.1) is 0 Å². The molecule has 1 saturated carbocycles. The van der Waals surface area contributed by atoms with Crippen LogP contribution < -0.4 is 15.4 Å². The predicted octanol–water partition coefficient (Wildman–Crippen LogP) is 6.37. The molecule has 2 atom stereocenters. The Hall–Kier alpha value is -3.07. The quantitative estimate of drug-likeness (QED) is 0.256. The van der Waals surface area contributed by atoms with Crippen LogP contribution in [0.4, 0.5) is 4.39 Å². The molecule has 1 fully saturated rings. The zero-order valence-electron chi connectivity index (χ0n) is 24.8. The molecule has 3 N–H and O–H groups in total. The number of nitrogens with one attached hydrogen (secondary N) is 3. The summed E-state index contributed by atoms with van der Waals surface area (Å²) in [5.74, 6) is -0.688. The van der Waals surface area contributed by atoms with Crippen molar-refractivity contribution in [3.8, 4) is 0 Å². The van der Waals surface area contributed by atoms with Crippen molar-refractivity contribution < 1.29 is 17.6 Å². The van der Waals surface area contributed by atoms with Gasteiger partial charge in [0.25, 0.3) is 0 Å². The summed E-state index contributed by atoms with van der Waals surface area (Å²) in [5, 5.41) is 6.78.